The Labute approximate surface area is 176 Å². The summed E-state index contributed by atoms with van der Waals surface area (Å²) in [5.74, 6) is -0.658. The van der Waals surface area contributed by atoms with Crippen molar-refractivity contribution >= 4 is 52.0 Å². The summed E-state index contributed by atoms with van der Waals surface area (Å²) >= 11 is 13.4. The molecule has 28 heavy (non-hydrogen) atoms. The molecule has 0 fully saturated rings. The number of carbonyl (C=O) groups excluding carboxylic acids is 2. The Morgan fingerprint density at radius 1 is 1.07 bits per heavy atom. The molecule has 0 unspecified atom stereocenters. The smallest absolute Gasteiger partial charge is 0.266 e. The van der Waals surface area contributed by atoms with E-state index in [9.17, 15) is 9.59 Å². The number of likely N-dealkylation sites (N-methyl/N-ethyl adjacent to an activating group) is 1. The lowest BCUT2D eigenvalue weighted by molar-refractivity contribution is -0.116. The first-order valence-corrected chi connectivity index (χ1v) is 9.96. The standard InChI is InChI=1S/C20H17Cl2N3O2S/c1-12-18(28-19(23-12)13-7-4-3-5-8-13)20(27)25(2)11-16(26)24-17-14(21)9-6-10-15(17)22/h3-10H,11H2,1-2H3,(H,24,26). The molecular weight excluding hydrogens is 417 g/mol. The van der Waals surface area contributed by atoms with Crippen molar-refractivity contribution < 1.29 is 9.59 Å². The summed E-state index contributed by atoms with van der Waals surface area (Å²) in [6.45, 7) is 1.64. The number of anilines is 1. The van der Waals surface area contributed by atoms with Gasteiger partial charge in [0.1, 0.15) is 9.88 Å². The third-order valence-corrected chi connectivity index (χ3v) is 5.79. The first-order valence-electron chi connectivity index (χ1n) is 8.39. The lowest BCUT2D eigenvalue weighted by atomic mass is 10.2. The highest BCUT2D eigenvalue weighted by Crippen LogP contribution is 2.30. The number of rotatable bonds is 5. The van der Waals surface area contributed by atoms with Gasteiger partial charge in [0.25, 0.3) is 5.91 Å². The molecule has 1 N–H and O–H groups in total. The lowest BCUT2D eigenvalue weighted by Crippen LogP contribution is -2.35. The second-order valence-corrected chi connectivity index (χ2v) is 7.92. The Hall–Kier alpha value is -2.41. The molecule has 0 aliphatic carbocycles. The number of aryl methyl sites for hydroxylation is 1. The normalized spacial score (nSPS) is 10.6. The van der Waals surface area contributed by atoms with Crippen LogP contribution in [-0.2, 0) is 4.79 Å². The highest BCUT2D eigenvalue weighted by Gasteiger charge is 2.21. The molecule has 3 aromatic rings. The van der Waals surface area contributed by atoms with E-state index < -0.39 is 5.91 Å². The molecule has 0 radical (unpaired) electrons. The van der Waals surface area contributed by atoms with Gasteiger partial charge in [-0.25, -0.2) is 4.98 Å². The fourth-order valence-electron chi connectivity index (χ4n) is 2.56. The summed E-state index contributed by atoms with van der Waals surface area (Å²) in [7, 11) is 1.57. The van der Waals surface area contributed by atoms with Crippen LogP contribution in [0.2, 0.25) is 10.0 Å². The van der Waals surface area contributed by atoms with Gasteiger partial charge in [-0.2, -0.15) is 0 Å². The highest BCUT2D eigenvalue weighted by molar-refractivity contribution is 7.17. The molecule has 0 atom stereocenters. The van der Waals surface area contributed by atoms with E-state index in [0.29, 0.717) is 26.3 Å². The minimum Gasteiger partial charge on any atom is -0.332 e. The quantitative estimate of drug-likeness (QED) is 0.605. The largest absolute Gasteiger partial charge is 0.332 e. The second-order valence-electron chi connectivity index (χ2n) is 6.11. The summed E-state index contributed by atoms with van der Waals surface area (Å²) in [5.41, 5.74) is 1.91. The van der Waals surface area contributed by atoms with Crippen molar-refractivity contribution in [1.29, 1.82) is 0 Å². The fourth-order valence-corrected chi connectivity index (χ4v) is 4.11. The number of thiazole rings is 1. The van der Waals surface area contributed by atoms with E-state index in [2.05, 4.69) is 10.3 Å². The van der Waals surface area contributed by atoms with E-state index >= 15 is 0 Å². The molecule has 2 amide bonds. The maximum atomic E-state index is 12.8. The molecule has 5 nitrogen and oxygen atoms in total. The Morgan fingerprint density at radius 2 is 1.71 bits per heavy atom. The van der Waals surface area contributed by atoms with Gasteiger partial charge in [-0.15, -0.1) is 11.3 Å². The van der Waals surface area contributed by atoms with Gasteiger partial charge in [-0.3, -0.25) is 9.59 Å². The van der Waals surface area contributed by atoms with Crippen LogP contribution in [0.1, 0.15) is 15.4 Å². The summed E-state index contributed by atoms with van der Waals surface area (Å²) in [5, 5.41) is 4.09. The first kappa shape index (κ1) is 20.3. The zero-order valence-corrected chi connectivity index (χ0v) is 17.5. The highest BCUT2D eigenvalue weighted by atomic mass is 35.5. The van der Waals surface area contributed by atoms with Crippen LogP contribution in [0.4, 0.5) is 5.69 Å². The summed E-state index contributed by atoms with van der Waals surface area (Å²) in [4.78, 5) is 31.5. The molecule has 0 spiro atoms. The Balaban J connectivity index is 1.71. The molecule has 3 rings (SSSR count). The third kappa shape index (κ3) is 4.52. The molecule has 2 aromatic carbocycles. The maximum Gasteiger partial charge on any atom is 0.266 e. The summed E-state index contributed by atoms with van der Waals surface area (Å²) in [6, 6.07) is 14.6. The van der Waals surface area contributed by atoms with Crippen LogP contribution >= 0.6 is 34.5 Å². The number of benzene rings is 2. The predicted octanol–water partition coefficient (Wildman–Crippen LogP) is 5.14. The number of carbonyl (C=O) groups is 2. The molecule has 1 heterocycles. The van der Waals surface area contributed by atoms with Crippen molar-refractivity contribution in [2.24, 2.45) is 0 Å². The first-order chi connectivity index (χ1) is 13.4. The van der Waals surface area contributed by atoms with Gasteiger partial charge in [0.2, 0.25) is 5.91 Å². The molecule has 0 saturated heterocycles. The van der Waals surface area contributed by atoms with E-state index in [1.165, 1.54) is 16.2 Å². The van der Waals surface area contributed by atoms with Crippen molar-refractivity contribution in [2.45, 2.75) is 6.92 Å². The average Bonchev–Trinajstić information content (AvgIpc) is 3.06. The van der Waals surface area contributed by atoms with Crippen LogP contribution in [0, 0.1) is 6.92 Å². The van der Waals surface area contributed by atoms with E-state index in [0.717, 1.165) is 10.6 Å². The van der Waals surface area contributed by atoms with Crippen molar-refractivity contribution in [3.05, 3.63) is 69.1 Å². The van der Waals surface area contributed by atoms with Crippen LogP contribution in [-0.4, -0.2) is 35.3 Å². The number of halogens is 2. The molecule has 0 saturated carbocycles. The number of amides is 2. The van der Waals surface area contributed by atoms with Crippen molar-refractivity contribution in [1.82, 2.24) is 9.88 Å². The number of para-hydroxylation sites is 1. The predicted molar refractivity (Wildman–Crippen MR) is 114 cm³/mol. The van der Waals surface area contributed by atoms with Crippen LogP contribution in [0.5, 0.6) is 0 Å². The monoisotopic (exact) mass is 433 g/mol. The van der Waals surface area contributed by atoms with Gasteiger partial charge in [0, 0.05) is 12.6 Å². The fraction of sp³-hybridized carbons (Fsp3) is 0.150. The number of hydrogen-bond donors (Lipinski definition) is 1. The van der Waals surface area contributed by atoms with E-state index in [-0.39, 0.29) is 12.5 Å². The lowest BCUT2D eigenvalue weighted by Gasteiger charge is -2.17. The maximum absolute atomic E-state index is 12.8. The second kappa shape index (κ2) is 8.73. The summed E-state index contributed by atoms with van der Waals surface area (Å²) in [6.07, 6.45) is 0. The van der Waals surface area contributed by atoms with Gasteiger partial charge in [-0.1, -0.05) is 59.6 Å². The zero-order chi connectivity index (χ0) is 20.3. The number of aromatic nitrogens is 1. The van der Waals surface area contributed by atoms with Gasteiger partial charge in [-0.05, 0) is 19.1 Å². The van der Waals surface area contributed by atoms with Gasteiger partial charge in [0.05, 0.1) is 28.0 Å². The Kier molecular flexibility index (Phi) is 6.34. The van der Waals surface area contributed by atoms with Crippen molar-refractivity contribution in [3.63, 3.8) is 0 Å². The van der Waals surface area contributed by atoms with Crippen molar-refractivity contribution in [2.75, 3.05) is 18.9 Å². The molecular formula is C20H17Cl2N3O2S. The topological polar surface area (TPSA) is 62.3 Å². The van der Waals surface area contributed by atoms with Crippen LogP contribution < -0.4 is 5.32 Å². The van der Waals surface area contributed by atoms with E-state index in [1.54, 1.807) is 32.2 Å². The summed E-state index contributed by atoms with van der Waals surface area (Å²) < 4.78 is 0. The van der Waals surface area contributed by atoms with Gasteiger partial charge >= 0.3 is 0 Å². The Bertz CT molecular complexity index is 1000. The molecule has 8 heteroatoms. The minimum atomic E-state index is -0.392. The molecule has 0 bridgehead atoms. The zero-order valence-electron chi connectivity index (χ0n) is 15.2. The Morgan fingerprint density at radius 3 is 2.36 bits per heavy atom. The molecule has 1 aromatic heterocycles. The van der Waals surface area contributed by atoms with Crippen LogP contribution in [0.3, 0.4) is 0 Å². The molecule has 0 aliphatic heterocycles. The third-order valence-electron chi connectivity index (χ3n) is 3.97. The van der Waals surface area contributed by atoms with Crippen LogP contribution in [0.25, 0.3) is 10.6 Å². The van der Waals surface area contributed by atoms with Gasteiger partial charge in [0.15, 0.2) is 0 Å². The number of nitrogens with zero attached hydrogens (tertiary/aromatic N) is 2. The minimum absolute atomic E-state index is 0.140. The average molecular weight is 434 g/mol. The van der Waals surface area contributed by atoms with Crippen molar-refractivity contribution in [3.8, 4) is 10.6 Å². The van der Waals surface area contributed by atoms with E-state index in [4.69, 9.17) is 23.2 Å². The number of nitrogens with one attached hydrogen (secondary N) is 1. The number of hydrogen-bond acceptors (Lipinski definition) is 4. The van der Waals surface area contributed by atoms with Gasteiger partial charge < -0.3 is 10.2 Å². The molecule has 0 aliphatic rings. The van der Waals surface area contributed by atoms with Crippen LogP contribution in [0.15, 0.2) is 48.5 Å². The van der Waals surface area contributed by atoms with E-state index in [1.807, 2.05) is 30.3 Å². The molecule has 144 valence electrons. The SMILES string of the molecule is Cc1nc(-c2ccccc2)sc1C(=O)N(C)CC(=O)Nc1c(Cl)cccc1Cl.